The topological polar surface area (TPSA) is 93.6 Å². The number of benzene rings is 3. The fraction of sp³-hybridized carbons (Fsp3) is 0.306. The van der Waals surface area contributed by atoms with Gasteiger partial charge in [0.2, 0.25) is 17.6 Å². The van der Waals surface area contributed by atoms with Gasteiger partial charge in [0.15, 0.2) is 6.10 Å². The highest BCUT2D eigenvalue weighted by molar-refractivity contribution is 9.10. The van der Waals surface area contributed by atoms with Crippen LogP contribution in [0.4, 0.5) is 5.69 Å². The molecule has 0 N–H and O–H groups in total. The van der Waals surface area contributed by atoms with Crippen molar-refractivity contribution < 1.29 is 23.9 Å². The number of aryl methyl sites for hydroxylation is 1. The molecule has 0 spiro atoms. The number of ketones is 1. The van der Waals surface area contributed by atoms with E-state index >= 15 is 0 Å². The van der Waals surface area contributed by atoms with Crippen molar-refractivity contribution in [1.82, 2.24) is 4.98 Å². The summed E-state index contributed by atoms with van der Waals surface area (Å²) in [6, 6.07) is 19.2. The minimum atomic E-state index is -0.968. The summed E-state index contributed by atoms with van der Waals surface area (Å²) in [5, 5.41) is 0.996. The first-order valence-corrected chi connectivity index (χ1v) is 16.3. The number of halogens is 2. The Bertz CT molecular complexity index is 1840. The van der Waals surface area contributed by atoms with Crippen LogP contribution >= 0.6 is 27.5 Å². The van der Waals surface area contributed by atoms with Gasteiger partial charge in [0, 0.05) is 21.0 Å². The fourth-order valence-corrected chi connectivity index (χ4v) is 7.18. The molecule has 2 fully saturated rings. The number of carbonyl (C=O) groups excluding carboxylic acids is 4. The number of amides is 2. The Hall–Kier alpha value is -3.88. The summed E-state index contributed by atoms with van der Waals surface area (Å²) >= 11 is 10.0. The number of fused-ring (bicyclic) bond motifs is 2. The molecule has 4 unspecified atom stereocenters. The Balaban J connectivity index is 1.36. The van der Waals surface area contributed by atoms with E-state index < -0.39 is 12.1 Å². The molecule has 4 aromatic rings. The van der Waals surface area contributed by atoms with Crippen LogP contribution in [0.15, 0.2) is 71.2 Å². The SMILES string of the molecule is CCC(OC(=O)c1cc(-c2ccc(N3C(=O)C4CCC(C)CC4C3=O)cc2)nc2c(C)c(Cl)c(Br)cc12)C(=O)c1ccccc1. The van der Waals surface area contributed by atoms with Crippen molar-refractivity contribution in [3.8, 4) is 11.3 Å². The van der Waals surface area contributed by atoms with Crippen LogP contribution in [0, 0.1) is 24.7 Å². The third-order valence-corrected chi connectivity index (χ3v) is 10.4. The molecule has 1 saturated heterocycles. The van der Waals surface area contributed by atoms with Gasteiger partial charge in [0.25, 0.3) is 0 Å². The van der Waals surface area contributed by atoms with Gasteiger partial charge in [-0.2, -0.15) is 0 Å². The zero-order valence-electron chi connectivity index (χ0n) is 25.2. The van der Waals surface area contributed by atoms with E-state index in [9.17, 15) is 19.2 Å². The normalized spacial score (nSPS) is 20.3. The maximum atomic E-state index is 13.8. The third-order valence-electron chi connectivity index (χ3n) is 9.02. The fourth-order valence-electron chi connectivity index (χ4n) is 6.51. The average Bonchev–Trinajstić information content (AvgIpc) is 3.30. The molecular weight excluding hydrogens is 656 g/mol. The van der Waals surface area contributed by atoms with Crippen molar-refractivity contribution >= 4 is 67.7 Å². The second-order valence-electron chi connectivity index (χ2n) is 12.0. The van der Waals surface area contributed by atoms with Gasteiger partial charge in [-0.1, -0.05) is 67.9 Å². The van der Waals surface area contributed by atoms with Crippen molar-refractivity contribution in [2.45, 2.75) is 52.6 Å². The number of esters is 1. The molecule has 2 aliphatic rings. The van der Waals surface area contributed by atoms with Crippen molar-refractivity contribution in [2.24, 2.45) is 17.8 Å². The Morgan fingerprint density at radius 2 is 1.71 bits per heavy atom. The summed E-state index contributed by atoms with van der Waals surface area (Å²) in [6.07, 6.45) is 1.76. The lowest BCUT2D eigenvalue weighted by Crippen LogP contribution is -2.30. The lowest BCUT2D eigenvalue weighted by atomic mass is 9.76. The lowest BCUT2D eigenvalue weighted by molar-refractivity contribution is -0.122. The largest absolute Gasteiger partial charge is 0.450 e. The standard InChI is InChI=1S/C36H32BrClN2O5/c1-4-30(33(41)22-8-6-5-7-9-22)45-36(44)27-18-29(39-32-20(3)31(38)28(37)17-25(27)32)21-11-13-23(14-12-21)40-34(42)24-15-10-19(2)16-26(24)35(40)43/h5-9,11-14,17-19,24,26,30H,4,10,15-16H2,1-3H3. The molecule has 45 heavy (non-hydrogen) atoms. The number of pyridine rings is 1. The van der Waals surface area contributed by atoms with Crippen LogP contribution in [0.3, 0.4) is 0 Å². The second-order valence-corrected chi connectivity index (χ2v) is 13.2. The van der Waals surface area contributed by atoms with Gasteiger partial charge in [-0.15, -0.1) is 0 Å². The number of aromatic nitrogens is 1. The molecule has 4 atom stereocenters. The van der Waals surface area contributed by atoms with Crippen LogP contribution in [0.1, 0.15) is 65.8 Å². The predicted octanol–water partition coefficient (Wildman–Crippen LogP) is 8.37. The zero-order chi connectivity index (χ0) is 32.0. The molecule has 0 bridgehead atoms. The Morgan fingerprint density at radius 1 is 1.02 bits per heavy atom. The number of hydrogen-bond donors (Lipinski definition) is 0. The first kappa shape index (κ1) is 31.1. The number of Topliss-reactive ketones (excluding diaryl/α,β-unsaturated/α-hetero) is 1. The maximum absolute atomic E-state index is 13.8. The van der Waals surface area contributed by atoms with Gasteiger partial charge < -0.3 is 4.74 Å². The minimum absolute atomic E-state index is 0.134. The number of imide groups is 1. The van der Waals surface area contributed by atoms with Gasteiger partial charge in [-0.05, 0) is 84.3 Å². The third kappa shape index (κ3) is 5.70. The van der Waals surface area contributed by atoms with Gasteiger partial charge in [-0.3, -0.25) is 19.3 Å². The molecule has 1 aliphatic heterocycles. The number of carbonyl (C=O) groups is 4. The van der Waals surface area contributed by atoms with Crippen LogP contribution in [0.5, 0.6) is 0 Å². The van der Waals surface area contributed by atoms with E-state index in [0.29, 0.717) is 60.8 Å². The van der Waals surface area contributed by atoms with Gasteiger partial charge in [0.05, 0.1) is 39.3 Å². The van der Waals surface area contributed by atoms with Gasteiger partial charge in [-0.25, -0.2) is 9.78 Å². The second kappa shape index (κ2) is 12.5. The summed E-state index contributed by atoms with van der Waals surface area (Å²) < 4.78 is 6.43. The number of hydrogen-bond acceptors (Lipinski definition) is 6. The molecule has 1 saturated carbocycles. The van der Waals surface area contributed by atoms with Crippen LogP contribution in [0.2, 0.25) is 5.02 Å². The molecule has 6 rings (SSSR count). The minimum Gasteiger partial charge on any atom is -0.450 e. The Morgan fingerprint density at radius 3 is 2.40 bits per heavy atom. The van der Waals surface area contributed by atoms with Crippen LogP contribution in [-0.4, -0.2) is 34.7 Å². The van der Waals surface area contributed by atoms with Crippen LogP contribution < -0.4 is 4.90 Å². The Labute approximate surface area is 275 Å². The number of nitrogens with zero attached hydrogens (tertiary/aromatic N) is 2. The highest BCUT2D eigenvalue weighted by Crippen LogP contribution is 2.42. The molecule has 0 radical (unpaired) electrons. The molecule has 2 heterocycles. The van der Waals surface area contributed by atoms with Crippen molar-refractivity contribution in [3.05, 3.63) is 92.9 Å². The summed E-state index contributed by atoms with van der Waals surface area (Å²) in [6.45, 7) is 5.74. The lowest BCUT2D eigenvalue weighted by Gasteiger charge is -2.25. The smallest absolute Gasteiger partial charge is 0.339 e. The molecule has 3 aromatic carbocycles. The number of rotatable bonds is 7. The zero-order valence-corrected chi connectivity index (χ0v) is 27.5. The van der Waals surface area contributed by atoms with Crippen LogP contribution in [-0.2, 0) is 14.3 Å². The molecule has 1 aromatic heterocycles. The van der Waals surface area contributed by atoms with Gasteiger partial charge in [0.1, 0.15) is 0 Å². The quantitative estimate of drug-likeness (QED) is 0.110. The highest BCUT2D eigenvalue weighted by Gasteiger charge is 2.50. The molecule has 1 aliphatic carbocycles. The van der Waals surface area contributed by atoms with Crippen molar-refractivity contribution in [2.75, 3.05) is 4.90 Å². The first-order valence-electron chi connectivity index (χ1n) is 15.2. The van der Waals surface area contributed by atoms with E-state index in [1.54, 1.807) is 67.6 Å². The average molecular weight is 688 g/mol. The molecular formula is C36H32BrClN2O5. The predicted molar refractivity (Wildman–Crippen MR) is 177 cm³/mol. The monoisotopic (exact) mass is 686 g/mol. The number of anilines is 1. The summed E-state index contributed by atoms with van der Waals surface area (Å²) in [5.74, 6) is -1.29. The van der Waals surface area contributed by atoms with E-state index in [1.165, 1.54) is 4.90 Å². The van der Waals surface area contributed by atoms with Crippen LogP contribution in [0.25, 0.3) is 22.2 Å². The van der Waals surface area contributed by atoms with E-state index in [-0.39, 0.29) is 35.0 Å². The highest BCUT2D eigenvalue weighted by atomic mass is 79.9. The molecule has 2 amide bonds. The summed E-state index contributed by atoms with van der Waals surface area (Å²) in [5.41, 5.74) is 3.56. The van der Waals surface area contributed by atoms with E-state index in [1.807, 2.05) is 13.0 Å². The van der Waals surface area contributed by atoms with Crippen molar-refractivity contribution in [3.63, 3.8) is 0 Å². The Kier molecular flexibility index (Phi) is 8.63. The summed E-state index contributed by atoms with van der Waals surface area (Å²) in [4.78, 5) is 59.6. The van der Waals surface area contributed by atoms with E-state index in [4.69, 9.17) is 21.3 Å². The first-order chi connectivity index (χ1) is 21.6. The summed E-state index contributed by atoms with van der Waals surface area (Å²) in [7, 11) is 0. The van der Waals surface area contributed by atoms with Gasteiger partial charge >= 0.3 is 5.97 Å². The molecule has 9 heteroatoms. The molecule has 230 valence electrons. The van der Waals surface area contributed by atoms with E-state index in [2.05, 4.69) is 22.9 Å². The maximum Gasteiger partial charge on any atom is 0.339 e. The number of ether oxygens (including phenoxy) is 1. The molecule has 7 nitrogen and oxygen atoms in total. The van der Waals surface area contributed by atoms with E-state index in [0.717, 1.165) is 19.3 Å². The van der Waals surface area contributed by atoms with Crippen molar-refractivity contribution in [1.29, 1.82) is 0 Å².